The number of halogens is 1. The molecule has 1 saturated heterocycles. The molecule has 7 heteroatoms. The molecule has 2 aromatic heterocycles. The van der Waals surface area contributed by atoms with Crippen molar-refractivity contribution in [3.63, 3.8) is 0 Å². The van der Waals surface area contributed by atoms with E-state index in [1.807, 2.05) is 16.8 Å². The third kappa shape index (κ3) is 3.56. The Morgan fingerprint density at radius 1 is 1.00 bits per heavy atom. The number of aromatic nitrogens is 3. The lowest BCUT2D eigenvalue weighted by Gasteiger charge is -2.30. The van der Waals surface area contributed by atoms with Gasteiger partial charge in [-0.25, -0.2) is 9.07 Å². The highest BCUT2D eigenvalue weighted by molar-refractivity contribution is 5.89. The van der Waals surface area contributed by atoms with Gasteiger partial charge in [0.25, 0.3) is 0 Å². The summed E-state index contributed by atoms with van der Waals surface area (Å²) >= 11 is 0. The minimum absolute atomic E-state index is 0.000582. The average Bonchev–Trinajstić information content (AvgIpc) is 3.09. The van der Waals surface area contributed by atoms with E-state index in [4.69, 9.17) is 5.10 Å². The Morgan fingerprint density at radius 3 is 2.37 bits per heavy atom. The Labute approximate surface area is 157 Å². The number of anilines is 1. The molecule has 3 aromatic rings. The molecule has 0 atom stereocenters. The zero-order valence-electron chi connectivity index (χ0n) is 15.0. The molecule has 1 aromatic carbocycles. The molecule has 27 heavy (non-hydrogen) atoms. The summed E-state index contributed by atoms with van der Waals surface area (Å²) < 4.78 is 15.3. The summed E-state index contributed by atoms with van der Waals surface area (Å²) in [6, 6.07) is 10.3. The maximum atomic E-state index is 13.4. The molecule has 1 aliphatic heterocycles. The lowest BCUT2D eigenvalue weighted by atomic mass is 10.0. The van der Waals surface area contributed by atoms with Crippen molar-refractivity contribution in [3.8, 4) is 22.4 Å². The summed E-state index contributed by atoms with van der Waals surface area (Å²) in [5.74, 6) is 0.706. The first-order valence-electron chi connectivity index (χ1n) is 9.11. The zero-order chi connectivity index (χ0) is 18.6. The first-order valence-corrected chi connectivity index (χ1v) is 9.11. The Balaban J connectivity index is 1.93. The van der Waals surface area contributed by atoms with Crippen molar-refractivity contribution in [1.82, 2.24) is 20.1 Å². The van der Waals surface area contributed by atoms with E-state index in [0.29, 0.717) is 6.54 Å². The van der Waals surface area contributed by atoms with Gasteiger partial charge in [-0.15, -0.1) is 0 Å². The van der Waals surface area contributed by atoms with Gasteiger partial charge in [0, 0.05) is 44.1 Å². The van der Waals surface area contributed by atoms with Crippen LogP contribution in [0.2, 0.25) is 0 Å². The molecule has 0 amide bonds. The smallest absolute Gasteiger partial charge is 0.135 e. The molecule has 6 nitrogen and oxygen atoms in total. The standard InChI is InChI=1S/C20H22FN5O/c21-17-3-1-16(2-4-17)19-18(15-5-7-22-8-6-15)20(26(24-19)13-14-27)25-11-9-23-10-12-25/h1-8,23,27H,9-14H2. The van der Waals surface area contributed by atoms with Gasteiger partial charge in [0.15, 0.2) is 0 Å². The Hall–Kier alpha value is -2.77. The third-order valence-electron chi connectivity index (χ3n) is 4.74. The van der Waals surface area contributed by atoms with Crippen molar-refractivity contribution in [2.45, 2.75) is 6.54 Å². The fraction of sp³-hybridized carbons (Fsp3) is 0.300. The summed E-state index contributed by atoms with van der Waals surface area (Å²) in [6.45, 7) is 3.91. The van der Waals surface area contributed by atoms with Gasteiger partial charge in [0.2, 0.25) is 0 Å². The predicted molar refractivity (Wildman–Crippen MR) is 103 cm³/mol. The number of hydrogen-bond donors (Lipinski definition) is 2. The summed E-state index contributed by atoms with van der Waals surface area (Å²) in [6.07, 6.45) is 3.52. The number of aliphatic hydroxyl groups excluding tert-OH is 1. The van der Waals surface area contributed by atoms with Gasteiger partial charge in [0.1, 0.15) is 17.3 Å². The van der Waals surface area contributed by atoms with Crippen LogP contribution in [0.15, 0.2) is 48.8 Å². The van der Waals surface area contributed by atoms with Crippen LogP contribution in [-0.4, -0.2) is 52.7 Å². The molecule has 0 saturated carbocycles. The zero-order valence-corrected chi connectivity index (χ0v) is 15.0. The largest absolute Gasteiger partial charge is 0.394 e. The van der Waals surface area contributed by atoms with Crippen LogP contribution in [0.5, 0.6) is 0 Å². The fourth-order valence-electron chi connectivity index (χ4n) is 3.50. The van der Waals surface area contributed by atoms with Crippen LogP contribution in [0.4, 0.5) is 10.2 Å². The first kappa shape index (κ1) is 17.6. The summed E-state index contributed by atoms with van der Waals surface area (Å²) in [4.78, 5) is 6.42. The number of rotatable bonds is 5. The van der Waals surface area contributed by atoms with E-state index in [2.05, 4.69) is 15.2 Å². The fourth-order valence-corrected chi connectivity index (χ4v) is 3.50. The summed E-state index contributed by atoms with van der Waals surface area (Å²) in [5, 5.41) is 17.7. The lowest BCUT2D eigenvalue weighted by molar-refractivity contribution is 0.269. The topological polar surface area (TPSA) is 66.2 Å². The molecule has 140 valence electrons. The van der Waals surface area contributed by atoms with Crippen LogP contribution in [0, 0.1) is 5.82 Å². The molecular formula is C20H22FN5O. The van der Waals surface area contributed by atoms with Gasteiger partial charge in [0.05, 0.1) is 18.7 Å². The van der Waals surface area contributed by atoms with Crippen LogP contribution in [0.1, 0.15) is 0 Å². The van der Waals surface area contributed by atoms with E-state index in [-0.39, 0.29) is 12.4 Å². The van der Waals surface area contributed by atoms with Crippen LogP contribution in [0.3, 0.4) is 0 Å². The second kappa shape index (κ2) is 7.85. The van der Waals surface area contributed by atoms with Crippen molar-refractivity contribution in [1.29, 1.82) is 0 Å². The molecule has 4 rings (SSSR count). The molecule has 0 bridgehead atoms. The number of piperazine rings is 1. The maximum absolute atomic E-state index is 13.4. The quantitative estimate of drug-likeness (QED) is 0.723. The van der Waals surface area contributed by atoms with Crippen molar-refractivity contribution in [2.24, 2.45) is 0 Å². The highest BCUT2D eigenvalue weighted by atomic mass is 19.1. The van der Waals surface area contributed by atoms with Gasteiger partial charge in [-0.05, 0) is 42.0 Å². The molecule has 0 radical (unpaired) electrons. The summed E-state index contributed by atoms with van der Waals surface area (Å²) in [5.41, 5.74) is 3.61. The maximum Gasteiger partial charge on any atom is 0.135 e. The van der Waals surface area contributed by atoms with Crippen LogP contribution in [-0.2, 0) is 6.54 Å². The number of hydrogen-bond acceptors (Lipinski definition) is 5. The summed E-state index contributed by atoms with van der Waals surface area (Å²) in [7, 11) is 0. The molecule has 0 unspecified atom stereocenters. The minimum atomic E-state index is -0.277. The van der Waals surface area contributed by atoms with E-state index in [9.17, 15) is 9.50 Å². The molecule has 1 aliphatic rings. The molecular weight excluding hydrogens is 345 g/mol. The number of benzene rings is 1. The Kier molecular flexibility index (Phi) is 5.13. The van der Waals surface area contributed by atoms with E-state index in [1.165, 1.54) is 12.1 Å². The van der Waals surface area contributed by atoms with Gasteiger partial charge in [-0.3, -0.25) is 4.98 Å². The predicted octanol–water partition coefficient (Wildman–Crippen LogP) is 2.15. The van der Waals surface area contributed by atoms with Crippen LogP contribution < -0.4 is 10.2 Å². The lowest BCUT2D eigenvalue weighted by Crippen LogP contribution is -2.44. The normalized spacial score (nSPS) is 14.5. The number of pyridine rings is 1. The van der Waals surface area contributed by atoms with Crippen molar-refractivity contribution < 1.29 is 9.50 Å². The highest BCUT2D eigenvalue weighted by Gasteiger charge is 2.25. The van der Waals surface area contributed by atoms with E-state index < -0.39 is 0 Å². The second-order valence-corrected chi connectivity index (χ2v) is 6.47. The van der Waals surface area contributed by atoms with Crippen molar-refractivity contribution >= 4 is 5.82 Å². The van der Waals surface area contributed by atoms with E-state index in [0.717, 1.165) is 54.4 Å². The van der Waals surface area contributed by atoms with Gasteiger partial charge >= 0.3 is 0 Å². The Bertz CT molecular complexity index is 889. The van der Waals surface area contributed by atoms with Crippen LogP contribution in [0.25, 0.3) is 22.4 Å². The third-order valence-corrected chi connectivity index (χ3v) is 4.74. The van der Waals surface area contributed by atoms with Crippen LogP contribution >= 0.6 is 0 Å². The molecule has 1 fully saturated rings. The first-order chi connectivity index (χ1) is 13.3. The van der Waals surface area contributed by atoms with Crippen molar-refractivity contribution in [3.05, 3.63) is 54.6 Å². The molecule has 0 aliphatic carbocycles. The number of nitrogens with one attached hydrogen (secondary N) is 1. The Morgan fingerprint density at radius 2 is 1.70 bits per heavy atom. The average molecular weight is 367 g/mol. The minimum Gasteiger partial charge on any atom is -0.394 e. The SMILES string of the molecule is OCCn1nc(-c2ccc(F)cc2)c(-c2ccncc2)c1N1CCNCC1. The van der Waals surface area contributed by atoms with Gasteiger partial charge in [-0.1, -0.05) is 0 Å². The van der Waals surface area contributed by atoms with Gasteiger partial charge in [-0.2, -0.15) is 5.10 Å². The number of aliphatic hydroxyl groups is 1. The molecule has 0 spiro atoms. The van der Waals surface area contributed by atoms with Gasteiger partial charge < -0.3 is 15.3 Å². The highest BCUT2D eigenvalue weighted by Crippen LogP contribution is 2.39. The molecule has 2 N–H and O–H groups in total. The van der Waals surface area contributed by atoms with Crippen molar-refractivity contribution in [2.75, 3.05) is 37.7 Å². The molecule has 3 heterocycles. The second-order valence-electron chi connectivity index (χ2n) is 6.47. The monoisotopic (exact) mass is 367 g/mol. The van der Waals surface area contributed by atoms with E-state index in [1.54, 1.807) is 24.5 Å². The number of nitrogens with zero attached hydrogens (tertiary/aromatic N) is 4. The van der Waals surface area contributed by atoms with E-state index >= 15 is 0 Å².